The fourth-order valence-electron chi connectivity index (χ4n) is 2.36. The molecule has 116 valence electrons. The lowest BCUT2D eigenvalue weighted by molar-refractivity contribution is 0.372. The number of para-hydroxylation sites is 1. The summed E-state index contributed by atoms with van der Waals surface area (Å²) in [5.41, 5.74) is 0.682. The molecule has 1 aliphatic heterocycles. The predicted octanol–water partition coefficient (Wildman–Crippen LogP) is 2.33. The van der Waals surface area contributed by atoms with Gasteiger partial charge in [-0.15, -0.1) is 30.6 Å². The van der Waals surface area contributed by atoms with Crippen LogP contribution in [0.2, 0.25) is 0 Å². The van der Waals surface area contributed by atoms with Crippen molar-refractivity contribution >= 4 is 35.6 Å². The van der Waals surface area contributed by atoms with Crippen molar-refractivity contribution in [2.24, 2.45) is 4.99 Å². The van der Waals surface area contributed by atoms with E-state index in [2.05, 4.69) is 26.7 Å². The number of rotatable bonds is 3. The Labute approximate surface area is 142 Å². The molecule has 1 aromatic carbocycles. The van der Waals surface area contributed by atoms with Gasteiger partial charge in [-0.25, -0.2) is 4.39 Å². The maximum absolute atomic E-state index is 13.8. The van der Waals surface area contributed by atoms with Crippen molar-refractivity contribution in [2.75, 3.05) is 44.7 Å². The third kappa shape index (κ3) is 4.59. The Morgan fingerprint density at radius 1 is 1.33 bits per heavy atom. The van der Waals surface area contributed by atoms with Crippen molar-refractivity contribution in [1.29, 1.82) is 0 Å². The largest absolute Gasteiger partial charge is 0.366 e. The molecule has 0 saturated carbocycles. The lowest BCUT2D eigenvalue weighted by Gasteiger charge is -2.37. The summed E-state index contributed by atoms with van der Waals surface area (Å²) < 4.78 is 13.8. The Kier molecular flexibility index (Phi) is 7.49. The van der Waals surface area contributed by atoms with Crippen molar-refractivity contribution in [3.63, 3.8) is 0 Å². The molecule has 0 bridgehead atoms. The zero-order chi connectivity index (χ0) is 14.4. The van der Waals surface area contributed by atoms with Gasteiger partial charge in [-0.2, -0.15) is 0 Å². The number of guanidine groups is 1. The van der Waals surface area contributed by atoms with Gasteiger partial charge in [-0.05, 0) is 12.1 Å². The number of anilines is 1. The van der Waals surface area contributed by atoms with E-state index in [1.807, 2.05) is 12.1 Å². The highest BCUT2D eigenvalue weighted by Crippen LogP contribution is 2.20. The van der Waals surface area contributed by atoms with E-state index in [4.69, 9.17) is 0 Å². The summed E-state index contributed by atoms with van der Waals surface area (Å²) in [6, 6.07) is 6.92. The topological polar surface area (TPSA) is 30.9 Å². The molecular formula is C15H22FIN4. The molecule has 0 aromatic heterocycles. The summed E-state index contributed by atoms with van der Waals surface area (Å²) in [7, 11) is 1.77. The van der Waals surface area contributed by atoms with Gasteiger partial charge in [0.2, 0.25) is 0 Å². The molecule has 1 N–H and O–H groups in total. The molecule has 0 spiro atoms. The molecule has 2 rings (SSSR count). The smallest absolute Gasteiger partial charge is 0.194 e. The van der Waals surface area contributed by atoms with E-state index in [9.17, 15) is 4.39 Å². The first kappa shape index (κ1) is 17.7. The molecule has 4 nitrogen and oxygen atoms in total. The second-order valence-electron chi connectivity index (χ2n) is 4.64. The van der Waals surface area contributed by atoms with Crippen molar-refractivity contribution in [3.8, 4) is 0 Å². The number of piperazine rings is 1. The van der Waals surface area contributed by atoms with Crippen molar-refractivity contribution in [3.05, 3.63) is 42.7 Å². The van der Waals surface area contributed by atoms with Crippen LogP contribution in [0, 0.1) is 5.82 Å². The normalized spacial score (nSPS) is 15.4. The number of nitrogens with zero attached hydrogens (tertiary/aromatic N) is 3. The van der Waals surface area contributed by atoms with E-state index in [1.165, 1.54) is 6.07 Å². The molecule has 1 fully saturated rings. The molecule has 1 saturated heterocycles. The fourth-order valence-corrected chi connectivity index (χ4v) is 2.36. The Hall–Kier alpha value is -1.31. The monoisotopic (exact) mass is 404 g/mol. The van der Waals surface area contributed by atoms with Crippen LogP contribution in [-0.2, 0) is 0 Å². The Morgan fingerprint density at radius 2 is 2.00 bits per heavy atom. The van der Waals surface area contributed by atoms with Gasteiger partial charge >= 0.3 is 0 Å². The average Bonchev–Trinajstić information content (AvgIpc) is 2.49. The lowest BCUT2D eigenvalue weighted by atomic mass is 10.2. The second kappa shape index (κ2) is 8.86. The first-order valence-electron chi connectivity index (χ1n) is 6.82. The number of hydrogen-bond acceptors (Lipinski definition) is 2. The number of hydrogen-bond donors (Lipinski definition) is 1. The van der Waals surface area contributed by atoms with Gasteiger partial charge in [0.15, 0.2) is 5.96 Å². The van der Waals surface area contributed by atoms with Gasteiger partial charge in [-0.1, -0.05) is 18.2 Å². The zero-order valence-electron chi connectivity index (χ0n) is 12.3. The maximum Gasteiger partial charge on any atom is 0.194 e. The van der Waals surface area contributed by atoms with Gasteiger partial charge in [0.05, 0.1) is 5.69 Å². The summed E-state index contributed by atoms with van der Waals surface area (Å²) in [6.07, 6.45) is 1.81. The molecule has 1 aromatic rings. The first-order chi connectivity index (χ1) is 9.76. The zero-order valence-corrected chi connectivity index (χ0v) is 14.6. The van der Waals surface area contributed by atoms with E-state index < -0.39 is 0 Å². The molecular weight excluding hydrogens is 382 g/mol. The van der Waals surface area contributed by atoms with E-state index >= 15 is 0 Å². The minimum absolute atomic E-state index is 0. The number of halogens is 2. The van der Waals surface area contributed by atoms with Gasteiger partial charge in [-0.3, -0.25) is 4.99 Å². The molecule has 21 heavy (non-hydrogen) atoms. The van der Waals surface area contributed by atoms with Crippen LogP contribution in [0.1, 0.15) is 0 Å². The highest BCUT2D eigenvalue weighted by atomic mass is 127. The van der Waals surface area contributed by atoms with Crippen LogP contribution in [0.15, 0.2) is 41.9 Å². The molecule has 6 heteroatoms. The van der Waals surface area contributed by atoms with Crippen LogP contribution < -0.4 is 10.2 Å². The lowest BCUT2D eigenvalue weighted by Crippen LogP contribution is -2.52. The van der Waals surface area contributed by atoms with E-state index in [0.717, 1.165) is 32.1 Å². The fraction of sp³-hybridized carbons (Fsp3) is 0.400. The molecule has 1 aliphatic rings. The van der Waals surface area contributed by atoms with E-state index in [1.54, 1.807) is 19.2 Å². The molecule has 0 amide bonds. The van der Waals surface area contributed by atoms with Gasteiger partial charge < -0.3 is 15.1 Å². The molecule has 1 heterocycles. The van der Waals surface area contributed by atoms with Crippen LogP contribution >= 0.6 is 24.0 Å². The van der Waals surface area contributed by atoms with Crippen LogP contribution in [0.3, 0.4) is 0 Å². The third-order valence-corrected chi connectivity index (χ3v) is 3.39. The Bertz CT molecular complexity index is 484. The second-order valence-corrected chi connectivity index (χ2v) is 4.64. The van der Waals surface area contributed by atoms with Crippen LogP contribution in [0.5, 0.6) is 0 Å². The molecule has 0 unspecified atom stereocenters. The molecule has 0 atom stereocenters. The highest BCUT2D eigenvalue weighted by Gasteiger charge is 2.20. The van der Waals surface area contributed by atoms with Crippen LogP contribution in [0.4, 0.5) is 10.1 Å². The SMILES string of the molecule is C=CCNC(=NC)N1CCN(c2ccccc2F)CC1.I. The quantitative estimate of drug-likeness (QED) is 0.363. The highest BCUT2D eigenvalue weighted by molar-refractivity contribution is 14.0. The minimum atomic E-state index is -0.157. The molecule has 0 aliphatic carbocycles. The van der Waals surface area contributed by atoms with Crippen molar-refractivity contribution in [1.82, 2.24) is 10.2 Å². The van der Waals surface area contributed by atoms with Crippen molar-refractivity contribution < 1.29 is 4.39 Å². The van der Waals surface area contributed by atoms with E-state index in [0.29, 0.717) is 12.2 Å². The van der Waals surface area contributed by atoms with Gasteiger partial charge in [0, 0.05) is 39.8 Å². The minimum Gasteiger partial charge on any atom is -0.366 e. The first-order valence-corrected chi connectivity index (χ1v) is 6.82. The standard InChI is InChI=1S/C15H21FN4.HI/c1-3-8-18-15(17-2)20-11-9-19(10-12-20)14-7-5-4-6-13(14)16;/h3-7H,1,8-12H2,2H3,(H,17,18);1H. The van der Waals surface area contributed by atoms with E-state index in [-0.39, 0.29) is 29.8 Å². The molecule has 0 radical (unpaired) electrons. The Morgan fingerprint density at radius 3 is 2.57 bits per heavy atom. The van der Waals surface area contributed by atoms with Crippen molar-refractivity contribution in [2.45, 2.75) is 0 Å². The van der Waals surface area contributed by atoms with Gasteiger partial charge in [0.1, 0.15) is 5.82 Å². The average molecular weight is 404 g/mol. The summed E-state index contributed by atoms with van der Waals surface area (Å²) in [4.78, 5) is 8.51. The summed E-state index contributed by atoms with van der Waals surface area (Å²) >= 11 is 0. The van der Waals surface area contributed by atoms with Crippen LogP contribution in [-0.4, -0.2) is 50.6 Å². The van der Waals surface area contributed by atoms with Crippen LogP contribution in [0.25, 0.3) is 0 Å². The summed E-state index contributed by atoms with van der Waals surface area (Å²) in [5, 5.41) is 3.22. The maximum atomic E-state index is 13.8. The number of benzene rings is 1. The Balaban J connectivity index is 0.00000220. The predicted molar refractivity (Wildman–Crippen MR) is 97.2 cm³/mol. The van der Waals surface area contributed by atoms with Gasteiger partial charge in [0.25, 0.3) is 0 Å². The number of aliphatic imine (C=N–C) groups is 1. The summed E-state index contributed by atoms with van der Waals surface area (Å²) in [5.74, 6) is 0.716. The third-order valence-electron chi connectivity index (χ3n) is 3.39. The summed E-state index contributed by atoms with van der Waals surface area (Å²) in [6.45, 7) is 7.61. The number of nitrogens with one attached hydrogen (secondary N) is 1.